The van der Waals surface area contributed by atoms with Gasteiger partial charge in [-0.15, -0.1) is 0 Å². The average Bonchev–Trinajstić information content (AvgIpc) is 2.78. The van der Waals surface area contributed by atoms with Crippen LogP contribution in [0.1, 0.15) is 153 Å². The largest absolute Gasteiger partial charge is 0.507 e. The number of aromatic hydroxyl groups is 1. The third kappa shape index (κ3) is 13.1. The predicted octanol–water partition coefficient (Wildman–Crippen LogP) is 9.21. The number of ether oxygens (including phenoxy) is 1. The summed E-state index contributed by atoms with van der Waals surface area (Å²) in [6.07, 6.45) is 18.2. The maximum Gasteiger partial charge on any atom is 0.306 e. The van der Waals surface area contributed by atoms with Gasteiger partial charge in [0, 0.05) is 6.42 Å². The number of aryl methyl sites for hydroxylation is 1. The highest BCUT2D eigenvalue weighted by Crippen LogP contribution is 2.35. The van der Waals surface area contributed by atoms with Crippen molar-refractivity contribution in [2.75, 3.05) is 6.61 Å². The summed E-state index contributed by atoms with van der Waals surface area (Å²) in [4.78, 5) is 12.2. The van der Waals surface area contributed by atoms with Crippen LogP contribution in [0, 0.1) is 0 Å². The zero-order valence-corrected chi connectivity index (χ0v) is 22.4. The number of carbonyl (C=O) groups is 1. The number of hydrogen-bond acceptors (Lipinski definition) is 3. The Morgan fingerprint density at radius 3 is 1.61 bits per heavy atom. The maximum absolute atomic E-state index is 12.2. The van der Waals surface area contributed by atoms with Gasteiger partial charge < -0.3 is 9.84 Å². The SMILES string of the molecule is CCCCCCCCCCCCCCCOC(=O)CCc1cc(C(C)C)c(O)c(C(C)C)c1. The van der Waals surface area contributed by atoms with Crippen molar-refractivity contribution < 1.29 is 14.6 Å². The topological polar surface area (TPSA) is 46.5 Å². The van der Waals surface area contributed by atoms with E-state index in [-0.39, 0.29) is 17.8 Å². The molecule has 0 radical (unpaired) electrons. The number of carbonyl (C=O) groups excluding carboxylic acids is 1. The molecule has 0 heterocycles. The van der Waals surface area contributed by atoms with Crippen molar-refractivity contribution in [3.63, 3.8) is 0 Å². The highest BCUT2D eigenvalue weighted by Gasteiger charge is 2.15. The van der Waals surface area contributed by atoms with Crippen molar-refractivity contribution in [1.82, 2.24) is 0 Å². The van der Waals surface area contributed by atoms with E-state index in [1.165, 1.54) is 70.6 Å². The number of rotatable bonds is 19. The first kappa shape index (κ1) is 29.5. The molecule has 0 aromatic heterocycles. The van der Waals surface area contributed by atoms with Crippen LogP contribution in [0.3, 0.4) is 0 Å². The second-order valence-corrected chi connectivity index (χ2v) is 10.4. The van der Waals surface area contributed by atoms with Gasteiger partial charge in [-0.05, 0) is 41.4 Å². The lowest BCUT2D eigenvalue weighted by atomic mass is 9.90. The van der Waals surface area contributed by atoms with E-state index in [9.17, 15) is 9.90 Å². The second kappa shape index (κ2) is 17.9. The molecule has 0 fully saturated rings. The number of hydrogen-bond donors (Lipinski definition) is 1. The number of benzene rings is 1. The number of unbranched alkanes of at least 4 members (excludes halogenated alkanes) is 12. The fourth-order valence-corrected chi connectivity index (χ4v) is 4.39. The Morgan fingerprint density at radius 1 is 0.758 bits per heavy atom. The van der Waals surface area contributed by atoms with Gasteiger partial charge in [0.25, 0.3) is 0 Å². The van der Waals surface area contributed by atoms with Crippen LogP contribution < -0.4 is 0 Å². The van der Waals surface area contributed by atoms with Gasteiger partial charge in [-0.2, -0.15) is 0 Å². The molecule has 1 rings (SSSR count). The number of phenolic OH excluding ortho intramolecular Hbond substituents is 1. The third-order valence-electron chi connectivity index (χ3n) is 6.60. The summed E-state index contributed by atoms with van der Waals surface area (Å²) in [5, 5.41) is 10.5. The van der Waals surface area contributed by atoms with E-state index in [1.54, 1.807) is 0 Å². The quantitative estimate of drug-likeness (QED) is 0.165. The van der Waals surface area contributed by atoms with E-state index in [0.717, 1.165) is 29.5 Å². The van der Waals surface area contributed by atoms with Crippen molar-refractivity contribution in [1.29, 1.82) is 0 Å². The maximum atomic E-state index is 12.2. The summed E-state index contributed by atoms with van der Waals surface area (Å²) < 4.78 is 5.45. The molecule has 0 saturated carbocycles. The van der Waals surface area contributed by atoms with E-state index in [2.05, 4.69) is 34.6 Å². The van der Waals surface area contributed by atoms with Crippen molar-refractivity contribution in [3.8, 4) is 5.75 Å². The van der Waals surface area contributed by atoms with Crippen LogP contribution in [0.5, 0.6) is 5.75 Å². The van der Waals surface area contributed by atoms with E-state index < -0.39 is 0 Å². The van der Waals surface area contributed by atoms with Gasteiger partial charge in [-0.25, -0.2) is 0 Å². The van der Waals surface area contributed by atoms with Crippen LogP contribution in [0.2, 0.25) is 0 Å². The summed E-state index contributed by atoms with van der Waals surface area (Å²) in [6.45, 7) is 11.2. The molecule has 0 bridgehead atoms. The Kier molecular flexibility index (Phi) is 16.0. The Balaban J connectivity index is 2.12. The van der Waals surface area contributed by atoms with Gasteiger partial charge in [-0.1, -0.05) is 124 Å². The molecule has 1 aromatic carbocycles. The molecule has 0 spiro atoms. The molecule has 0 amide bonds. The first-order valence-electron chi connectivity index (χ1n) is 13.9. The number of phenols is 1. The third-order valence-corrected chi connectivity index (χ3v) is 6.60. The van der Waals surface area contributed by atoms with E-state index >= 15 is 0 Å². The summed E-state index contributed by atoms with van der Waals surface area (Å²) in [5.41, 5.74) is 3.05. The summed E-state index contributed by atoms with van der Waals surface area (Å²) in [7, 11) is 0. The Morgan fingerprint density at radius 2 is 1.18 bits per heavy atom. The molecule has 1 aromatic rings. The Hall–Kier alpha value is -1.51. The van der Waals surface area contributed by atoms with Gasteiger partial charge in [0.1, 0.15) is 5.75 Å². The fourth-order valence-electron chi connectivity index (χ4n) is 4.39. The van der Waals surface area contributed by atoms with Crippen LogP contribution in [0.4, 0.5) is 0 Å². The minimum Gasteiger partial charge on any atom is -0.507 e. The van der Waals surface area contributed by atoms with Gasteiger partial charge in [0.05, 0.1) is 6.61 Å². The van der Waals surface area contributed by atoms with Gasteiger partial charge in [0.2, 0.25) is 0 Å². The van der Waals surface area contributed by atoms with Crippen LogP contribution in [0.15, 0.2) is 12.1 Å². The molecule has 0 aliphatic rings. The van der Waals surface area contributed by atoms with Crippen molar-refractivity contribution in [3.05, 3.63) is 28.8 Å². The molecule has 0 saturated heterocycles. The minimum absolute atomic E-state index is 0.112. The van der Waals surface area contributed by atoms with E-state index in [0.29, 0.717) is 25.2 Å². The van der Waals surface area contributed by atoms with Crippen molar-refractivity contribution in [2.24, 2.45) is 0 Å². The van der Waals surface area contributed by atoms with Crippen LogP contribution in [0.25, 0.3) is 0 Å². The summed E-state index contributed by atoms with van der Waals surface area (Å²) in [6, 6.07) is 4.09. The molecule has 0 atom stereocenters. The van der Waals surface area contributed by atoms with Crippen LogP contribution >= 0.6 is 0 Å². The molecular formula is C30H52O3. The molecule has 3 heteroatoms. The zero-order chi connectivity index (χ0) is 24.5. The van der Waals surface area contributed by atoms with E-state index in [1.807, 2.05) is 12.1 Å². The van der Waals surface area contributed by atoms with Gasteiger partial charge >= 0.3 is 5.97 Å². The lowest BCUT2D eigenvalue weighted by molar-refractivity contribution is -0.143. The minimum atomic E-state index is -0.112. The molecule has 1 N–H and O–H groups in total. The monoisotopic (exact) mass is 460 g/mol. The normalized spacial score (nSPS) is 11.5. The molecule has 0 aliphatic heterocycles. The highest BCUT2D eigenvalue weighted by atomic mass is 16.5. The van der Waals surface area contributed by atoms with Crippen molar-refractivity contribution >= 4 is 5.97 Å². The molecule has 190 valence electrons. The second-order valence-electron chi connectivity index (χ2n) is 10.4. The smallest absolute Gasteiger partial charge is 0.306 e. The number of esters is 1. The summed E-state index contributed by atoms with van der Waals surface area (Å²) >= 11 is 0. The standard InChI is InChI=1S/C30H52O3/c1-6-7-8-9-10-11-12-13-14-15-16-17-18-21-33-29(31)20-19-26-22-27(24(2)3)30(32)28(23-26)25(4)5/h22-25,32H,6-21H2,1-5H3. The highest BCUT2D eigenvalue weighted by molar-refractivity contribution is 5.69. The van der Waals surface area contributed by atoms with Gasteiger partial charge in [-0.3, -0.25) is 4.79 Å². The Labute approximate surface area is 204 Å². The van der Waals surface area contributed by atoms with Gasteiger partial charge in [0.15, 0.2) is 0 Å². The molecule has 0 unspecified atom stereocenters. The Bertz CT molecular complexity index is 619. The van der Waals surface area contributed by atoms with E-state index in [4.69, 9.17) is 4.74 Å². The fraction of sp³-hybridized carbons (Fsp3) is 0.767. The molecule has 0 aliphatic carbocycles. The van der Waals surface area contributed by atoms with Crippen LogP contribution in [-0.2, 0) is 16.0 Å². The average molecular weight is 461 g/mol. The lowest BCUT2D eigenvalue weighted by Gasteiger charge is -2.17. The van der Waals surface area contributed by atoms with Crippen LogP contribution in [-0.4, -0.2) is 17.7 Å². The molecular weight excluding hydrogens is 408 g/mol. The predicted molar refractivity (Wildman–Crippen MR) is 141 cm³/mol. The molecule has 3 nitrogen and oxygen atoms in total. The van der Waals surface area contributed by atoms with Crippen molar-refractivity contribution in [2.45, 2.75) is 143 Å². The first-order valence-corrected chi connectivity index (χ1v) is 13.9. The first-order chi connectivity index (χ1) is 15.9. The molecule has 33 heavy (non-hydrogen) atoms. The summed E-state index contributed by atoms with van der Waals surface area (Å²) in [5.74, 6) is 0.808. The zero-order valence-electron chi connectivity index (χ0n) is 22.4. The lowest BCUT2D eigenvalue weighted by Crippen LogP contribution is -2.08.